The van der Waals surface area contributed by atoms with Gasteiger partial charge in [0, 0.05) is 105 Å². The average molecular weight is 863 g/mol. The van der Waals surface area contributed by atoms with Gasteiger partial charge in [-0.05, 0) is 123 Å². The average Bonchev–Trinajstić information content (AvgIpc) is 3.30. The van der Waals surface area contributed by atoms with E-state index in [0.717, 1.165) is 122 Å². The number of alkyl halides is 3. The lowest BCUT2D eigenvalue weighted by Crippen LogP contribution is -2.47. The van der Waals surface area contributed by atoms with Gasteiger partial charge in [0.05, 0.1) is 28.0 Å². The molecular weight excluding hydrogens is 810 g/mol. The van der Waals surface area contributed by atoms with E-state index in [9.17, 15) is 18.0 Å². The van der Waals surface area contributed by atoms with Gasteiger partial charge in [-0.25, -0.2) is 4.79 Å². The van der Waals surface area contributed by atoms with Crippen molar-refractivity contribution in [3.05, 3.63) is 162 Å². The van der Waals surface area contributed by atoms with Crippen LogP contribution in [-0.4, -0.2) is 91.2 Å². The molecule has 1 N–H and O–H groups in total. The smallest absolute Gasteiger partial charge is 0.368 e. The molecule has 0 radical (unpaired) electrons. The number of pyridine rings is 2. The molecule has 9 nitrogen and oxygen atoms in total. The summed E-state index contributed by atoms with van der Waals surface area (Å²) in [5.74, 6) is 0. The van der Waals surface area contributed by atoms with Crippen molar-refractivity contribution in [2.45, 2.75) is 32.9 Å². The van der Waals surface area contributed by atoms with Crippen molar-refractivity contribution in [1.29, 1.82) is 0 Å². The first-order chi connectivity index (χ1) is 31.1. The molecule has 12 heteroatoms. The highest BCUT2D eigenvalue weighted by Crippen LogP contribution is 2.40. The van der Waals surface area contributed by atoms with Gasteiger partial charge in [0.2, 0.25) is 0 Å². The quantitative estimate of drug-likeness (QED) is 0.139. The van der Waals surface area contributed by atoms with Crippen molar-refractivity contribution in [3.63, 3.8) is 0 Å². The zero-order valence-corrected chi connectivity index (χ0v) is 36.4. The van der Waals surface area contributed by atoms with Gasteiger partial charge >= 0.3 is 12.2 Å². The molecular formula is C52H53F3N8O. The molecule has 2 aliphatic heterocycles. The first-order valence-electron chi connectivity index (χ1n) is 22.2. The van der Waals surface area contributed by atoms with E-state index < -0.39 is 17.8 Å². The molecule has 0 aliphatic carbocycles. The maximum atomic E-state index is 14.5. The van der Waals surface area contributed by atoms with E-state index in [0.29, 0.717) is 17.8 Å². The highest BCUT2D eigenvalue weighted by molar-refractivity contribution is 6.07. The third-order valence-electron chi connectivity index (χ3n) is 12.6. The maximum absolute atomic E-state index is 14.5. The number of nitrogens with zero attached hydrogens (tertiary/aromatic N) is 7. The summed E-state index contributed by atoms with van der Waals surface area (Å²) in [6.07, 6.45) is -3.23. The fraction of sp³-hybridized carbons (Fsp3) is 0.288. The summed E-state index contributed by atoms with van der Waals surface area (Å²) in [6.45, 7) is 12.8. The predicted molar refractivity (Wildman–Crippen MR) is 253 cm³/mol. The van der Waals surface area contributed by atoms with Crippen LogP contribution in [0.3, 0.4) is 0 Å². The lowest BCUT2D eigenvalue weighted by atomic mass is 10.1. The third-order valence-corrected chi connectivity index (χ3v) is 12.6. The summed E-state index contributed by atoms with van der Waals surface area (Å²) >= 11 is 0. The minimum Gasteiger partial charge on any atom is -0.368 e. The van der Waals surface area contributed by atoms with E-state index in [1.54, 1.807) is 12.1 Å². The van der Waals surface area contributed by atoms with E-state index in [1.807, 2.05) is 50.2 Å². The number of hydrogen-bond acceptors (Lipinski definition) is 7. The molecule has 5 aromatic carbocycles. The molecule has 64 heavy (non-hydrogen) atoms. The normalized spacial score (nSPS) is 15.2. The number of carbonyl (C=O) groups excluding carboxylic acids is 1. The number of piperazine rings is 2. The maximum Gasteiger partial charge on any atom is 0.418 e. The van der Waals surface area contributed by atoms with Crippen molar-refractivity contribution < 1.29 is 18.0 Å². The lowest BCUT2D eigenvalue weighted by molar-refractivity contribution is -0.137. The summed E-state index contributed by atoms with van der Waals surface area (Å²) in [5, 5.41) is 5.27. The number of para-hydroxylation sites is 1. The van der Waals surface area contributed by atoms with Crippen LogP contribution in [0.25, 0.3) is 21.8 Å². The largest absolute Gasteiger partial charge is 0.418 e. The van der Waals surface area contributed by atoms with Crippen molar-refractivity contribution in [1.82, 2.24) is 19.8 Å². The molecule has 2 amide bonds. The standard InChI is InChI=1S/C52H53F3N8O/c1-37-19-21-43-46(56-37)14-7-17-48(43)61-31-27-59(28-32-61)25-23-39-9-5-11-41(35-39)58-51(64)63(50-16-4-3-13-45(50)52(53,54)55)42-12-6-10-40(36-42)24-26-60-29-33-62(34-30-60)49-18-8-15-47-44(49)22-20-38(2)57-47/h3-22,35-36H,23-34H2,1-2H3,(H,58,64). The van der Waals surface area contributed by atoms with Crippen LogP contribution in [0.2, 0.25) is 0 Å². The Bertz CT molecular complexity index is 2760. The van der Waals surface area contributed by atoms with Crippen molar-refractivity contribution in [2.75, 3.05) is 85.5 Å². The van der Waals surface area contributed by atoms with Crippen LogP contribution >= 0.6 is 0 Å². The Kier molecular flexibility index (Phi) is 12.5. The second-order valence-electron chi connectivity index (χ2n) is 16.9. The van der Waals surface area contributed by atoms with E-state index in [2.05, 4.69) is 85.6 Å². The number of urea groups is 1. The number of aromatic nitrogens is 2. The second kappa shape index (κ2) is 18.7. The van der Waals surface area contributed by atoms with Crippen LogP contribution in [0, 0.1) is 13.8 Å². The Morgan fingerprint density at radius 2 is 1.11 bits per heavy atom. The van der Waals surface area contributed by atoms with Crippen LogP contribution in [0.4, 0.5) is 46.4 Å². The molecule has 0 spiro atoms. The monoisotopic (exact) mass is 862 g/mol. The minimum absolute atomic E-state index is 0.232. The first-order valence-corrected chi connectivity index (χ1v) is 22.2. The zero-order valence-electron chi connectivity index (χ0n) is 36.4. The van der Waals surface area contributed by atoms with Crippen LogP contribution in [0.15, 0.2) is 133 Å². The molecule has 2 fully saturated rings. The summed E-state index contributed by atoms with van der Waals surface area (Å²) in [5.41, 5.74) is 8.15. The molecule has 4 heterocycles. The topological polar surface area (TPSA) is 71.1 Å². The zero-order chi connectivity index (χ0) is 44.2. The number of rotatable bonds is 11. The number of fused-ring (bicyclic) bond motifs is 2. The van der Waals surface area contributed by atoms with Gasteiger partial charge < -0.3 is 15.1 Å². The number of anilines is 5. The number of hydrogen-bond donors (Lipinski definition) is 1. The van der Waals surface area contributed by atoms with E-state index in [-0.39, 0.29) is 5.69 Å². The number of amides is 2. The molecule has 0 unspecified atom stereocenters. The number of nitrogens with one attached hydrogen (secondary N) is 1. The van der Waals surface area contributed by atoms with Crippen molar-refractivity contribution in [3.8, 4) is 0 Å². The fourth-order valence-corrected chi connectivity index (χ4v) is 9.14. The number of aryl methyl sites for hydroxylation is 2. The lowest BCUT2D eigenvalue weighted by Gasteiger charge is -2.36. The number of carbonyl (C=O) groups is 1. The summed E-state index contributed by atoms with van der Waals surface area (Å²) < 4.78 is 43.6. The third kappa shape index (κ3) is 9.68. The number of benzene rings is 5. The summed E-state index contributed by atoms with van der Waals surface area (Å²) in [7, 11) is 0. The van der Waals surface area contributed by atoms with Crippen LogP contribution < -0.4 is 20.0 Å². The van der Waals surface area contributed by atoms with Gasteiger partial charge in [0.15, 0.2) is 0 Å². The van der Waals surface area contributed by atoms with Gasteiger partial charge in [0.1, 0.15) is 0 Å². The number of halogens is 3. The van der Waals surface area contributed by atoms with Gasteiger partial charge in [0.25, 0.3) is 0 Å². The Morgan fingerprint density at radius 3 is 1.67 bits per heavy atom. The van der Waals surface area contributed by atoms with Gasteiger partial charge in [-0.2, -0.15) is 13.2 Å². The van der Waals surface area contributed by atoms with Gasteiger partial charge in [-0.15, -0.1) is 0 Å². The Balaban J connectivity index is 0.851. The Hall–Kier alpha value is -6.50. The van der Waals surface area contributed by atoms with Gasteiger partial charge in [-0.1, -0.05) is 48.5 Å². The Labute approximate surface area is 372 Å². The summed E-state index contributed by atoms with van der Waals surface area (Å²) in [6, 6.07) is 40.5. The molecule has 2 aromatic heterocycles. The molecule has 0 saturated carbocycles. The minimum atomic E-state index is -4.67. The predicted octanol–water partition coefficient (Wildman–Crippen LogP) is 10.5. The molecule has 2 saturated heterocycles. The molecule has 0 bridgehead atoms. The highest BCUT2D eigenvalue weighted by Gasteiger charge is 2.36. The van der Waals surface area contributed by atoms with Crippen LogP contribution in [0.5, 0.6) is 0 Å². The fourth-order valence-electron chi connectivity index (χ4n) is 9.14. The Morgan fingerprint density at radius 1 is 0.594 bits per heavy atom. The molecule has 2 aliphatic rings. The molecule has 0 atom stereocenters. The second-order valence-corrected chi connectivity index (χ2v) is 16.9. The molecule has 9 rings (SSSR count). The van der Waals surface area contributed by atoms with Crippen molar-refractivity contribution >= 4 is 56.3 Å². The van der Waals surface area contributed by atoms with E-state index >= 15 is 0 Å². The van der Waals surface area contributed by atoms with Crippen LogP contribution in [0.1, 0.15) is 28.1 Å². The molecule has 7 aromatic rings. The molecule has 328 valence electrons. The van der Waals surface area contributed by atoms with Crippen LogP contribution in [-0.2, 0) is 19.0 Å². The highest BCUT2D eigenvalue weighted by atomic mass is 19.4. The van der Waals surface area contributed by atoms with E-state index in [1.165, 1.54) is 35.0 Å². The summed E-state index contributed by atoms with van der Waals surface area (Å²) in [4.78, 5) is 34.6. The SMILES string of the molecule is Cc1ccc2c(N3CCN(CCc4cccc(NC(=O)N(c5cccc(CCN6CCN(c7cccc8nc(C)ccc78)CC6)c5)c5ccccc5C(F)(F)F)c4)CC3)cccc2n1. The first kappa shape index (κ1) is 42.8. The van der Waals surface area contributed by atoms with E-state index in [4.69, 9.17) is 9.97 Å². The van der Waals surface area contributed by atoms with Crippen molar-refractivity contribution in [2.24, 2.45) is 0 Å². The van der Waals surface area contributed by atoms with Gasteiger partial charge in [-0.3, -0.25) is 24.7 Å².